The van der Waals surface area contributed by atoms with Gasteiger partial charge in [0.25, 0.3) is 0 Å². The van der Waals surface area contributed by atoms with Crippen LogP contribution < -0.4 is 4.58 Å². The van der Waals surface area contributed by atoms with Crippen LogP contribution in [0.3, 0.4) is 0 Å². The van der Waals surface area contributed by atoms with Crippen LogP contribution in [0, 0.1) is 0 Å². The molecule has 46 heavy (non-hydrogen) atoms. The number of furan rings is 1. The fraction of sp³-hybridized carbons (Fsp3) is 0.0238. The van der Waals surface area contributed by atoms with Crippen LogP contribution in [-0.2, 0) is 0 Å². The molecule has 1 atom stereocenters. The smallest absolute Gasteiger partial charge is 0.235 e. The Kier molecular flexibility index (Phi) is 4.60. The summed E-state index contributed by atoms with van der Waals surface area (Å²) in [6, 6.07) is 46.0. The molecule has 1 aliphatic carbocycles. The highest BCUT2D eigenvalue weighted by atomic mass is 16.3. The molecule has 0 saturated heterocycles. The molecule has 0 radical (unpaired) electrons. The van der Waals surface area contributed by atoms with Gasteiger partial charge in [-0.05, 0) is 36.4 Å². The van der Waals surface area contributed by atoms with Crippen LogP contribution in [-0.4, -0.2) is 14.8 Å². The molecule has 0 saturated carbocycles. The van der Waals surface area contributed by atoms with Crippen molar-refractivity contribution in [2.24, 2.45) is 0 Å². The molecule has 4 nitrogen and oxygen atoms in total. The fourth-order valence-electron chi connectivity index (χ4n) is 8.16. The van der Waals surface area contributed by atoms with Gasteiger partial charge in [-0.3, -0.25) is 0 Å². The van der Waals surface area contributed by atoms with Gasteiger partial charge in [-0.1, -0.05) is 91.0 Å². The van der Waals surface area contributed by atoms with E-state index in [1.807, 2.05) is 12.1 Å². The molecule has 0 N–H and O–H groups in total. The molecule has 0 fully saturated rings. The lowest BCUT2D eigenvalue weighted by Gasteiger charge is -2.24. The van der Waals surface area contributed by atoms with Gasteiger partial charge in [-0.25, -0.2) is 0 Å². The average molecular weight is 589 g/mol. The SMILES string of the molecule is C1=CC2=[N+](c3ccc4oc5ccccc5c4c3)c3cccc4c5c6c(ccc5n(c34)C2C=C1)c1ccccc1n6-c1ccccc1. The lowest BCUT2D eigenvalue weighted by molar-refractivity contribution is 0.669. The van der Waals surface area contributed by atoms with Gasteiger partial charge in [-0.2, -0.15) is 4.58 Å². The molecule has 0 amide bonds. The van der Waals surface area contributed by atoms with Crippen molar-refractivity contribution in [1.82, 2.24) is 13.7 Å². The van der Waals surface area contributed by atoms with Gasteiger partial charge in [0.05, 0.1) is 16.6 Å². The van der Waals surface area contributed by atoms with Gasteiger partial charge in [-0.15, -0.1) is 0 Å². The maximum absolute atomic E-state index is 6.21. The lowest BCUT2D eigenvalue weighted by atomic mass is 10.0. The van der Waals surface area contributed by atoms with Crippen molar-refractivity contribution in [2.45, 2.75) is 6.04 Å². The van der Waals surface area contributed by atoms with Crippen molar-refractivity contribution in [2.75, 3.05) is 0 Å². The quantitative estimate of drug-likeness (QED) is 0.185. The van der Waals surface area contributed by atoms with E-state index in [2.05, 4.69) is 153 Å². The van der Waals surface area contributed by atoms with Gasteiger partial charge in [0, 0.05) is 62.3 Å². The Balaban J connectivity index is 1.28. The first-order chi connectivity index (χ1) is 22.8. The molecule has 4 heterocycles. The minimum atomic E-state index is 0.0451. The highest BCUT2D eigenvalue weighted by Crippen LogP contribution is 2.47. The first-order valence-corrected chi connectivity index (χ1v) is 15.8. The van der Waals surface area contributed by atoms with Gasteiger partial charge < -0.3 is 13.6 Å². The molecule has 4 heteroatoms. The van der Waals surface area contributed by atoms with Gasteiger partial charge in [0.1, 0.15) is 22.7 Å². The fourth-order valence-corrected chi connectivity index (χ4v) is 8.16. The van der Waals surface area contributed by atoms with Crippen LogP contribution in [0.15, 0.2) is 156 Å². The molecule has 1 unspecified atom stereocenters. The summed E-state index contributed by atoms with van der Waals surface area (Å²) >= 11 is 0. The molecule has 2 aliphatic rings. The second kappa shape index (κ2) is 8.74. The summed E-state index contributed by atoms with van der Waals surface area (Å²) < 4.78 is 13.7. The zero-order chi connectivity index (χ0) is 29.9. The minimum absolute atomic E-state index is 0.0451. The van der Waals surface area contributed by atoms with E-state index in [1.165, 1.54) is 60.7 Å². The predicted octanol–water partition coefficient (Wildman–Crippen LogP) is 10.7. The molecule has 0 bridgehead atoms. The summed E-state index contributed by atoms with van der Waals surface area (Å²) in [7, 11) is 0. The summed E-state index contributed by atoms with van der Waals surface area (Å²) in [6.45, 7) is 0. The second-order valence-corrected chi connectivity index (χ2v) is 12.3. The predicted molar refractivity (Wildman–Crippen MR) is 191 cm³/mol. The zero-order valence-corrected chi connectivity index (χ0v) is 24.8. The van der Waals surface area contributed by atoms with Crippen LogP contribution in [0.5, 0.6) is 0 Å². The summed E-state index contributed by atoms with van der Waals surface area (Å²) in [5.74, 6) is 0. The van der Waals surface area contributed by atoms with Gasteiger partial charge >= 0.3 is 0 Å². The largest absolute Gasteiger partial charge is 0.456 e. The van der Waals surface area contributed by atoms with Crippen LogP contribution in [0.4, 0.5) is 11.4 Å². The molecule has 1 aliphatic heterocycles. The Morgan fingerprint density at radius 2 is 1.37 bits per heavy atom. The molecule has 11 rings (SSSR count). The van der Waals surface area contributed by atoms with Crippen molar-refractivity contribution in [1.29, 1.82) is 0 Å². The summed E-state index contributed by atoms with van der Waals surface area (Å²) in [4.78, 5) is 0. The van der Waals surface area contributed by atoms with Crippen molar-refractivity contribution >= 4 is 82.6 Å². The average Bonchev–Trinajstić information content (AvgIpc) is 3.77. The molecular formula is C42H26N3O+. The first-order valence-electron chi connectivity index (χ1n) is 15.8. The summed E-state index contributed by atoms with van der Waals surface area (Å²) in [5, 5.41) is 7.36. The molecule has 6 aromatic carbocycles. The van der Waals surface area contributed by atoms with Crippen molar-refractivity contribution < 1.29 is 4.42 Å². The Morgan fingerprint density at radius 3 is 2.30 bits per heavy atom. The van der Waals surface area contributed by atoms with Crippen LogP contribution in [0.1, 0.15) is 6.04 Å². The summed E-state index contributed by atoms with van der Waals surface area (Å²) in [6.07, 6.45) is 8.95. The topological polar surface area (TPSA) is 26.0 Å². The number of fused-ring (bicyclic) bond motifs is 12. The molecule has 0 spiro atoms. The normalized spacial score (nSPS) is 15.8. The van der Waals surface area contributed by atoms with E-state index in [0.717, 1.165) is 27.6 Å². The standard InChI is InChI=1S/C42H26N3O/c1-2-11-26(12-3-1)44-33-16-6-4-13-28(33)30-22-23-36-40(42(30)44)31-15-10-19-37-41(31)45(36)35-18-8-7-17-34(35)43(37)27-21-24-39-32(25-27)29-14-5-9-20-38(29)46-39/h1-25,35H/q+1. The molecular weight excluding hydrogens is 562 g/mol. The van der Waals surface area contributed by atoms with E-state index in [0.29, 0.717) is 0 Å². The monoisotopic (exact) mass is 588 g/mol. The van der Waals surface area contributed by atoms with Crippen LogP contribution >= 0.6 is 0 Å². The zero-order valence-electron chi connectivity index (χ0n) is 24.8. The number of benzene rings is 6. The summed E-state index contributed by atoms with van der Waals surface area (Å²) in [5.41, 5.74) is 11.5. The minimum Gasteiger partial charge on any atom is -0.456 e. The van der Waals surface area contributed by atoms with E-state index in [4.69, 9.17) is 4.42 Å². The maximum Gasteiger partial charge on any atom is 0.235 e. The number of allylic oxidation sites excluding steroid dienone is 4. The highest BCUT2D eigenvalue weighted by molar-refractivity contribution is 6.28. The first kappa shape index (κ1) is 24.2. The molecule has 9 aromatic rings. The van der Waals surface area contributed by atoms with E-state index in [-0.39, 0.29) is 6.04 Å². The third-order valence-corrected chi connectivity index (χ3v) is 9.98. The van der Waals surface area contributed by atoms with Gasteiger partial charge in [0.2, 0.25) is 17.1 Å². The Labute approximate surface area is 263 Å². The number of hydrogen-bond acceptors (Lipinski definition) is 1. The van der Waals surface area contributed by atoms with Crippen molar-refractivity contribution in [3.8, 4) is 5.69 Å². The number of aromatic nitrogens is 2. The van der Waals surface area contributed by atoms with Crippen molar-refractivity contribution in [3.63, 3.8) is 0 Å². The van der Waals surface area contributed by atoms with Crippen LogP contribution in [0.25, 0.3) is 71.2 Å². The van der Waals surface area contributed by atoms with Gasteiger partial charge in [0.15, 0.2) is 0 Å². The Hall–Kier alpha value is -6.13. The van der Waals surface area contributed by atoms with E-state index in [1.54, 1.807) is 0 Å². The number of rotatable bonds is 2. The molecule has 214 valence electrons. The van der Waals surface area contributed by atoms with E-state index in [9.17, 15) is 0 Å². The maximum atomic E-state index is 6.21. The number of para-hydroxylation sites is 4. The number of nitrogens with zero attached hydrogens (tertiary/aromatic N) is 3. The third-order valence-electron chi connectivity index (χ3n) is 9.98. The van der Waals surface area contributed by atoms with E-state index >= 15 is 0 Å². The highest BCUT2D eigenvalue weighted by Gasteiger charge is 2.38. The Bertz CT molecular complexity index is 2860. The van der Waals surface area contributed by atoms with Crippen molar-refractivity contribution in [3.05, 3.63) is 152 Å². The molecule has 3 aromatic heterocycles. The number of hydrogen-bond donors (Lipinski definition) is 0. The second-order valence-electron chi connectivity index (χ2n) is 12.3. The lowest BCUT2D eigenvalue weighted by Crippen LogP contribution is -2.30. The van der Waals surface area contributed by atoms with E-state index < -0.39 is 0 Å². The van der Waals surface area contributed by atoms with Crippen LogP contribution in [0.2, 0.25) is 0 Å². The third kappa shape index (κ3) is 3.01. The Morgan fingerprint density at radius 1 is 0.565 bits per heavy atom.